The van der Waals surface area contributed by atoms with Gasteiger partial charge >= 0.3 is 12.2 Å². The molecule has 1 unspecified atom stereocenters. The predicted molar refractivity (Wildman–Crippen MR) is 118 cm³/mol. The number of halogens is 3. The van der Waals surface area contributed by atoms with Gasteiger partial charge in [-0.05, 0) is 42.9 Å². The molecule has 34 heavy (non-hydrogen) atoms. The van der Waals surface area contributed by atoms with Gasteiger partial charge in [-0.15, -0.1) is 0 Å². The zero-order valence-corrected chi connectivity index (χ0v) is 18.6. The van der Waals surface area contributed by atoms with Crippen molar-refractivity contribution in [2.75, 3.05) is 20.2 Å². The van der Waals surface area contributed by atoms with Gasteiger partial charge in [0.2, 0.25) is 5.91 Å². The highest BCUT2D eigenvalue weighted by molar-refractivity contribution is 5.78. The number of allylic oxidation sites excluding steroid dienone is 2. The maximum atomic E-state index is 12.9. The van der Waals surface area contributed by atoms with Crippen molar-refractivity contribution in [2.45, 2.75) is 38.4 Å². The molecule has 2 aliphatic rings. The van der Waals surface area contributed by atoms with Crippen LogP contribution in [0.5, 0.6) is 6.01 Å². The summed E-state index contributed by atoms with van der Waals surface area (Å²) in [4.78, 5) is 34.9. The number of ether oxygens (including phenoxy) is 1. The Bertz CT molecular complexity index is 1170. The van der Waals surface area contributed by atoms with E-state index >= 15 is 0 Å². The van der Waals surface area contributed by atoms with Gasteiger partial charge in [0.05, 0.1) is 18.7 Å². The molecule has 0 spiro atoms. The maximum absolute atomic E-state index is 12.9. The first-order valence-corrected chi connectivity index (χ1v) is 10.9. The molecule has 2 aromatic rings. The summed E-state index contributed by atoms with van der Waals surface area (Å²) >= 11 is 0. The SMILES string of the molecule is COc1ncc(C2=CCN(C(=O)Cn3nc(C4=CCC(C(F)(F)F)CC4)ccc3=O)CC2)cn1. The van der Waals surface area contributed by atoms with Crippen LogP contribution >= 0.6 is 0 Å². The van der Waals surface area contributed by atoms with Crippen LogP contribution < -0.4 is 10.3 Å². The van der Waals surface area contributed by atoms with Crippen LogP contribution in [0.15, 0.2) is 41.5 Å². The molecule has 0 saturated carbocycles. The molecule has 0 saturated heterocycles. The van der Waals surface area contributed by atoms with Crippen molar-refractivity contribution >= 4 is 17.1 Å². The van der Waals surface area contributed by atoms with E-state index in [0.717, 1.165) is 15.8 Å². The largest absolute Gasteiger partial charge is 0.467 e. The fourth-order valence-corrected chi connectivity index (χ4v) is 4.07. The lowest BCUT2D eigenvalue weighted by atomic mass is 9.88. The Morgan fingerprint density at radius 3 is 2.50 bits per heavy atom. The van der Waals surface area contributed by atoms with Gasteiger partial charge in [-0.1, -0.05) is 12.2 Å². The molecule has 0 N–H and O–H groups in total. The van der Waals surface area contributed by atoms with E-state index in [9.17, 15) is 22.8 Å². The van der Waals surface area contributed by atoms with Gasteiger partial charge in [0, 0.05) is 37.1 Å². The van der Waals surface area contributed by atoms with E-state index in [2.05, 4.69) is 15.1 Å². The highest BCUT2D eigenvalue weighted by atomic mass is 19.4. The van der Waals surface area contributed by atoms with Gasteiger partial charge in [-0.2, -0.15) is 18.3 Å². The Morgan fingerprint density at radius 2 is 1.91 bits per heavy atom. The minimum absolute atomic E-state index is 0.0171. The monoisotopic (exact) mass is 475 g/mol. The van der Waals surface area contributed by atoms with Crippen LogP contribution in [0.2, 0.25) is 0 Å². The van der Waals surface area contributed by atoms with Crippen LogP contribution in [0.1, 0.15) is 36.9 Å². The summed E-state index contributed by atoms with van der Waals surface area (Å²) in [5.41, 5.74) is 2.52. The molecular weight excluding hydrogens is 451 g/mol. The minimum atomic E-state index is -4.22. The molecule has 1 aliphatic heterocycles. The van der Waals surface area contributed by atoms with E-state index in [4.69, 9.17) is 4.74 Å². The van der Waals surface area contributed by atoms with E-state index < -0.39 is 17.7 Å². The molecule has 0 aromatic carbocycles. The number of nitrogens with zero attached hydrogens (tertiary/aromatic N) is 5. The van der Waals surface area contributed by atoms with Gasteiger partial charge in [0.1, 0.15) is 6.54 Å². The first-order valence-electron chi connectivity index (χ1n) is 10.9. The van der Waals surface area contributed by atoms with Crippen LogP contribution in [-0.4, -0.2) is 56.9 Å². The summed E-state index contributed by atoms with van der Waals surface area (Å²) < 4.78 is 44.8. The number of methoxy groups -OCH3 is 1. The highest BCUT2D eigenvalue weighted by Gasteiger charge is 2.39. The Labute approximate surface area is 193 Å². The minimum Gasteiger partial charge on any atom is -0.467 e. The quantitative estimate of drug-likeness (QED) is 0.660. The van der Waals surface area contributed by atoms with Gasteiger partial charge in [0.25, 0.3) is 5.56 Å². The average Bonchev–Trinajstić information content (AvgIpc) is 2.85. The van der Waals surface area contributed by atoms with Crippen molar-refractivity contribution in [1.82, 2.24) is 24.6 Å². The second-order valence-electron chi connectivity index (χ2n) is 8.23. The molecule has 4 rings (SSSR count). The van der Waals surface area contributed by atoms with Crippen molar-refractivity contribution in [2.24, 2.45) is 5.92 Å². The van der Waals surface area contributed by atoms with E-state index in [0.29, 0.717) is 30.8 Å². The fraction of sp³-hybridized carbons (Fsp3) is 0.435. The Kier molecular flexibility index (Phi) is 6.80. The Hall–Kier alpha value is -3.50. The lowest BCUT2D eigenvalue weighted by molar-refractivity contribution is -0.175. The number of aromatic nitrogens is 4. The van der Waals surface area contributed by atoms with Crippen LogP contribution in [-0.2, 0) is 11.3 Å². The van der Waals surface area contributed by atoms with Crippen molar-refractivity contribution < 1.29 is 22.7 Å². The summed E-state index contributed by atoms with van der Waals surface area (Å²) in [7, 11) is 1.49. The van der Waals surface area contributed by atoms with Crippen molar-refractivity contribution in [3.63, 3.8) is 0 Å². The van der Waals surface area contributed by atoms with Gasteiger partial charge < -0.3 is 9.64 Å². The smallest absolute Gasteiger partial charge is 0.392 e. The third-order valence-electron chi connectivity index (χ3n) is 6.10. The van der Waals surface area contributed by atoms with Gasteiger partial charge in [-0.25, -0.2) is 14.6 Å². The molecule has 3 heterocycles. The zero-order chi connectivity index (χ0) is 24.3. The van der Waals surface area contributed by atoms with Crippen molar-refractivity contribution in [1.29, 1.82) is 0 Å². The average molecular weight is 475 g/mol. The zero-order valence-electron chi connectivity index (χ0n) is 18.6. The van der Waals surface area contributed by atoms with E-state index in [1.165, 1.54) is 25.3 Å². The molecule has 11 heteroatoms. The summed E-state index contributed by atoms with van der Waals surface area (Å²) in [6, 6.07) is 3.07. The summed E-state index contributed by atoms with van der Waals surface area (Å²) in [6.45, 7) is 0.605. The molecule has 0 bridgehead atoms. The number of carbonyl (C=O) groups excluding carboxylic acids is 1. The van der Waals surface area contributed by atoms with Crippen LogP contribution in [0.25, 0.3) is 11.1 Å². The third kappa shape index (κ3) is 5.35. The first-order chi connectivity index (χ1) is 16.2. The number of alkyl halides is 3. The molecule has 8 nitrogen and oxygen atoms in total. The van der Waals surface area contributed by atoms with Gasteiger partial charge in [-0.3, -0.25) is 9.59 Å². The normalized spacial score (nSPS) is 18.8. The highest BCUT2D eigenvalue weighted by Crippen LogP contribution is 2.38. The molecule has 1 amide bonds. The first kappa shape index (κ1) is 23.7. The number of hydrogen-bond donors (Lipinski definition) is 0. The number of rotatable bonds is 5. The molecular formula is C23H24F3N5O3. The lowest BCUT2D eigenvalue weighted by Gasteiger charge is -2.27. The predicted octanol–water partition coefficient (Wildman–Crippen LogP) is 3.10. The summed E-state index contributed by atoms with van der Waals surface area (Å²) in [5.74, 6) is -1.62. The number of amides is 1. The molecule has 0 fully saturated rings. The Balaban J connectivity index is 1.41. The van der Waals surface area contributed by atoms with Crippen LogP contribution in [0, 0.1) is 5.92 Å². The van der Waals surface area contributed by atoms with Crippen LogP contribution in [0.3, 0.4) is 0 Å². The molecule has 2 aromatic heterocycles. The maximum Gasteiger partial charge on any atom is 0.392 e. The second-order valence-corrected chi connectivity index (χ2v) is 8.23. The second kappa shape index (κ2) is 9.78. The number of carbonyl (C=O) groups is 1. The summed E-state index contributed by atoms with van der Waals surface area (Å²) in [5, 5.41) is 4.26. The number of hydrogen-bond acceptors (Lipinski definition) is 6. The van der Waals surface area contributed by atoms with E-state index in [1.54, 1.807) is 17.3 Å². The lowest BCUT2D eigenvalue weighted by Crippen LogP contribution is -2.39. The topological polar surface area (TPSA) is 90.2 Å². The standard InChI is InChI=1S/C23H24F3N5O3/c1-34-22-27-12-17(13-28-22)15-8-10-30(11-9-15)21(33)14-31-20(32)7-6-19(29-31)16-2-4-18(5-3-16)23(24,25)26/h2,6-8,12-13,18H,3-5,9-11,14H2,1H3. The molecule has 1 atom stereocenters. The fourth-order valence-electron chi connectivity index (χ4n) is 4.07. The third-order valence-corrected chi connectivity index (χ3v) is 6.10. The Morgan fingerprint density at radius 1 is 1.15 bits per heavy atom. The van der Waals surface area contributed by atoms with Crippen molar-refractivity contribution in [3.8, 4) is 6.01 Å². The summed E-state index contributed by atoms with van der Waals surface area (Å²) in [6.07, 6.45) is 3.27. The van der Waals surface area contributed by atoms with Gasteiger partial charge in [0.15, 0.2) is 0 Å². The van der Waals surface area contributed by atoms with Crippen molar-refractivity contribution in [3.05, 3.63) is 58.3 Å². The van der Waals surface area contributed by atoms with E-state index in [-0.39, 0.29) is 37.7 Å². The molecule has 0 radical (unpaired) electrons. The van der Waals surface area contributed by atoms with E-state index in [1.807, 2.05) is 6.08 Å². The molecule has 180 valence electrons. The molecule has 1 aliphatic carbocycles. The van der Waals surface area contributed by atoms with Crippen LogP contribution in [0.4, 0.5) is 13.2 Å².